The predicted molar refractivity (Wildman–Crippen MR) is 101 cm³/mol. The van der Waals surface area contributed by atoms with Crippen LogP contribution in [0.2, 0.25) is 0 Å². The summed E-state index contributed by atoms with van der Waals surface area (Å²) in [6.07, 6.45) is 4.22. The summed E-state index contributed by atoms with van der Waals surface area (Å²) in [4.78, 5) is 25.8. The molecule has 3 aromatic heterocycles. The summed E-state index contributed by atoms with van der Waals surface area (Å²) in [6.45, 7) is 2.09. The van der Waals surface area contributed by atoms with E-state index in [1.807, 2.05) is 13.0 Å². The number of nitrogens with zero attached hydrogens (tertiary/aromatic N) is 5. The third-order valence-electron chi connectivity index (χ3n) is 6.06. The second-order valence-corrected chi connectivity index (χ2v) is 7.67. The molecule has 2 aliphatic carbocycles. The Bertz CT molecular complexity index is 1290. The Balaban J connectivity index is 1.28. The molecular weight excluding hydrogens is 354 g/mol. The maximum atomic E-state index is 12.8. The van der Waals surface area contributed by atoms with Crippen molar-refractivity contribution in [3.05, 3.63) is 81.6 Å². The van der Waals surface area contributed by atoms with Crippen molar-refractivity contribution in [3.8, 4) is 0 Å². The molecule has 3 atom stereocenters. The minimum absolute atomic E-state index is 0.146. The largest absolute Gasteiger partial charge is 0.337 e. The van der Waals surface area contributed by atoms with Crippen molar-refractivity contribution in [2.75, 3.05) is 0 Å². The Labute approximate surface area is 160 Å². The summed E-state index contributed by atoms with van der Waals surface area (Å²) in [5, 5.41) is 4.73. The van der Waals surface area contributed by atoms with E-state index >= 15 is 0 Å². The average molecular weight is 371 g/mol. The maximum absolute atomic E-state index is 12.8. The van der Waals surface area contributed by atoms with Crippen LogP contribution in [0.1, 0.15) is 40.2 Å². The van der Waals surface area contributed by atoms with E-state index in [1.165, 1.54) is 22.0 Å². The van der Waals surface area contributed by atoms with Crippen molar-refractivity contribution >= 4 is 11.0 Å². The van der Waals surface area contributed by atoms with Crippen LogP contribution in [0.3, 0.4) is 0 Å². The normalized spacial score (nSPS) is 22.2. The number of rotatable bonds is 3. The first kappa shape index (κ1) is 15.7. The van der Waals surface area contributed by atoms with Gasteiger partial charge >= 0.3 is 0 Å². The van der Waals surface area contributed by atoms with E-state index in [-0.39, 0.29) is 12.1 Å². The lowest BCUT2D eigenvalue weighted by molar-refractivity contribution is 0.364. The average Bonchev–Trinajstić information content (AvgIpc) is 3.04. The number of fused-ring (bicyclic) bond motifs is 4. The van der Waals surface area contributed by atoms with E-state index in [9.17, 15) is 4.79 Å². The van der Waals surface area contributed by atoms with Crippen molar-refractivity contribution in [3.63, 3.8) is 0 Å². The fourth-order valence-electron chi connectivity index (χ4n) is 4.66. The molecule has 0 radical (unpaired) electrons. The Morgan fingerprint density at radius 1 is 1.18 bits per heavy atom. The highest BCUT2D eigenvalue weighted by molar-refractivity contribution is 5.76. The number of hydrogen-bond donors (Lipinski definition) is 0. The third-order valence-corrected chi connectivity index (χ3v) is 6.06. The highest BCUT2D eigenvalue weighted by Gasteiger charge is 2.58. The van der Waals surface area contributed by atoms with Crippen molar-refractivity contribution < 1.29 is 4.52 Å². The van der Waals surface area contributed by atoms with Crippen LogP contribution in [0, 0.1) is 12.8 Å². The Hall–Kier alpha value is -3.35. The lowest BCUT2D eigenvalue weighted by Gasteiger charge is -2.05. The van der Waals surface area contributed by atoms with Gasteiger partial charge in [-0.15, -0.1) is 0 Å². The van der Waals surface area contributed by atoms with Crippen LogP contribution in [0.15, 0.2) is 52.2 Å². The second-order valence-electron chi connectivity index (χ2n) is 7.67. The summed E-state index contributed by atoms with van der Waals surface area (Å²) in [6, 6.07) is 10.4. The summed E-state index contributed by atoms with van der Waals surface area (Å²) >= 11 is 0. The summed E-state index contributed by atoms with van der Waals surface area (Å²) in [5.74, 6) is 2.57. The van der Waals surface area contributed by atoms with Gasteiger partial charge in [0.2, 0.25) is 5.89 Å². The summed E-state index contributed by atoms with van der Waals surface area (Å²) in [7, 11) is 0. The van der Waals surface area contributed by atoms with Gasteiger partial charge < -0.3 is 4.52 Å². The summed E-state index contributed by atoms with van der Waals surface area (Å²) in [5.41, 5.74) is 4.02. The highest BCUT2D eigenvalue weighted by Crippen LogP contribution is 2.65. The molecule has 0 spiro atoms. The molecule has 7 nitrogen and oxygen atoms in total. The van der Waals surface area contributed by atoms with Gasteiger partial charge in [-0.2, -0.15) is 4.98 Å². The lowest BCUT2D eigenvalue weighted by atomic mass is 10.0. The van der Waals surface area contributed by atoms with Crippen LogP contribution in [0.25, 0.3) is 11.0 Å². The van der Waals surface area contributed by atoms with Crippen molar-refractivity contribution in [1.29, 1.82) is 0 Å². The molecule has 0 aliphatic heterocycles. The van der Waals surface area contributed by atoms with E-state index in [0.29, 0.717) is 34.7 Å². The van der Waals surface area contributed by atoms with E-state index in [2.05, 4.69) is 44.4 Å². The standard InChI is InChI=1S/C21H17N5O2/c1-11-6-7-22-19-16(11)21(27)26(10-23-19)9-15-24-20(25-28-15)18-14-8-12-4-2-3-5-13(12)17(14)18/h2-7,10,14,17-18H,8-9H2,1H3/t14-,17?,18+/m1/s1. The van der Waals surface area contributed by atoms with Gasteiger partial charge in [-0.1, -0.05) is 29.4 Å². The molecule has 0 bridgehead atoms. The van der Waals surface area contributed by atoms with Gasteiger partial charge in [0.05, 0.1) is 5.39 Å². The first-order chi connectivity index (χ1) is 13.7. The zero-order valence-electron chi connectivity index (χ0n) is 15.2. The predicted octanol–water partition coefficient (Wildman–Crippen LogP) is 2.58. The molecule has 1 unspecified atom stereocenters. The first-order valence-corrected chi connectivity index (χ1v) is 9.42. The van der Waals surface area contributed by atoms with Gasteiger partial charge in [0, 0.05) is 12.1 Å². The number of aromatic nitrogens is 5. The molecule has 138 valence electrons. The highest BCUT2D eigenvalue weighted by atomic mass is 16.5. The molecular formula is C21H17N5O2. The molecule has 0 N–H and O–H groups in total. The van der Waals surface area contributed by atoms with E-state index in [1.54, 1.807) is 6.20 Å². The summed E-state index contributed by atoms with van der Waals surface area (Å²) < 4.78 is 6.95. The first-order valence-electron chi connectivity index (χ1n) is 9.42. The molecule has 0 saturated heterocycles. The fourth-order valence-corrected chi connectivity index (χ4v) is 4.66. The van der Waals surface area contributed by atoms with Gasteiger partial charge in [0.25, 0.3) is 5.56 Å². The van der Waals surface area contributed by atoms with Crippen LogP contribution in [0.4, 0.5) is 0 Å². The number of aryl methyl sites for hydroxylation is 1. The van der Waals surface area contributed by atoms with Gasteiger partial charge in [-0.3, -0.25) is 9.36 Å². The fraction of sp³-hybridized carbons (Fsp3) is 0.286. The zero-order chi connectivity index (χ0) is 18.8. The molecule has 2 aliphatic rings. The zero-order valence-corrected chi connectivity index (χ0v) is 15.2. The second kappa shape index (κ2) is 5.58. The number of hydrogen-bond acceptors (Lipinski definition) is 6. The molecule has 7 heteroatoms. The molecule has 1 saturated carbocycles. The molecule has 0 amide bonds. The van der Waals surface area contributed by atoms with Crippen molar-refractivity contribution in [1.82, 2.24) is 24.7 Å². The lowest BCUT2D eigenvalue weighted by Crippen LogP contribution is -2.22. The molecule has 1 fully saturated rings. The Morgan fingerprint density at radius 2 is 2.07 bits per heavy atom. The van der Waals surface area contributed by atoms with Crippen molar-refractivity contribution in [2.45, 2.75) is 31.7 Å². The van der Waals surface area contributed by atoms with Crippen LogP contribution < -0.4 is 5.56 Å². The smallest absolute Gasteiger partial charge is 0.263 e. The van der Waals surface area contributed by atoms with Gasteiger partial charge in [0.15, 0.2) is 11.5 Å². The van der Waals surface area contributed by atoms with E-state index < -0.39 is 0 Å². The van der Waals surface area contributed by atoms with Gasteiger partial charge in [0.1, 0.15) is 12.9 Å². The van der Waals surface area contributed by atoms with Crippen LogP contribution in [0.5, 0.6) is 0 Å². The number of benzene rings is 1. The van der Waals surface area contributed by atoms with E-state index in [4.69, 9.17) is 4.52 Å². The molecule has 4 aromatic rings. The molecule has 3 heterocycles. The van der Waals surface area contributed by atoms with Gasteiger partial charge in [-0.05, 0) is 47.9 Å². The van der Waals surface area contributed by atoms with Crippen LogP contribution in [-0.4, -0.2) is 24.7 Å². The quantitative estimate of drug-likeness (QED) is 0.550. The van der Waals surface area contributed by atoms with Crippen molar-refractivity contribution in [2.24, 2.45) is 5.92 Å². The third kappa shape index (κ3) is 2.19. The Morgan fingerprint density at radius 3 is 3.00 bits per heavy atom. The molecule has 6 rings (SSSR count). The SMILES string of the molecule is Cc1ccnc2ncn(Cc3nc([C@@H]4C5c6ccccc6C[C@H]54)no3)c(=O)c12. The van der Waals surface area contributed by atoms with E-state index in [0.717, 1.165) is 17.8 Å². The van der Waals surface area contributed by atoms with Crippen LogP contribution in [-0.2, 0) is 13.0 Å². The number of pyridine rings is 1. The minimum atomic E-state index is -0.146. The molecule has 1 aromatic carbocycles. The maximum Gasteiger partial charge on any atom is 0.263 e. The van der Waals surface area contributed by atoms with Crippen LogP contribution >= 0.6 is 0 Å². The Kier molecular flexibility index (Phi) is 3.12. The monoisotopic (exact) mass is 371 g/mol. The van der Waals surface area contributed by atoms with Gasteiger partial charge in [-0.25, -0.2) is 9.97 Å². The molecule has 28 heavy (non-hydrogen) atoms. The minimum Gasteiger partial charge on any atom is -0.337 e. The topological polar surface area (TPSA) is 86.7 Å².